The van der Waals surface area contributed by atoms with Gasteiger partial charge in [0.05, 0.1) is 4.90 Å². The van der Waals surface area contributed by atoms with E-state index in [0.29, 0.717) is 25.1 Å². The molecule has 0 aromatic heterocycles. The zero-order valence-corrected chi connectivity index (χ0v) is 17.9. The Balaban J connectivity index is 1.56. The first kappa shape index (κ1) is 20.4. The van der Waals surface area contributed by atoms with Gasteiger partial charge in [-0.3, -0.25) is 4.79 Å². The second kappa shape index (κ2) is 8.08. The van der Waals surface area contributed by atoms with Crippen LogP contribution in [-0.4, -0.2) is 45.3 Å². The quantitative estimate of drug-likeness (QED) is 0.679. The summed E-state index contributed by atoms with van der Waals surface area (Å²) in [6, 6.07) is 19.5. The first-order valence-corrected chi connectivity index (χ1v) is 11.4. The van der Waals surface area contributed by atoms with E-state index in [1.807, 2.05) is 67.5 Å². The van der Waals surface area contributed by atoms with Gasteiger partial charge in [0.15, 0.2) is 0 Å². The summed E-state index contributed by atoms with van der Waals surface area (Å²) in [6.07, 6.45) is 1.17. The highest BCUT2D eigenvalue weighted by molar-refractivity contribution is 7.89. The molecule has 1 aliphatic heterocycles. The van der Waals surface area contributed by atoms with Gasteiger partial charge in [-0.15, -0.1) is 0 Å². The first-order valence-electron chi connectivity index (χ1n) is 9.95. The molecule has 1 N–H and O–H groups in total. The van der Waals surface area contributed by atoms with Crippen molar-refractivity contribution >= 4 is 38.1 Å². The van der Waals surface area contributed by atoms with Crippen LogP contribution < -0.4 is 10.2 Å². The van der Waals surface area contributed by atoms with Gasteiger partial charge in [0.25, 0.3) is 0 Å². The van der Waals surface area contributed by atoms with Crippen molar-refractivity contribution in [1.82, 2.24) is 4.31 Å². The van der Waals surface area contributed by atoms with Crippen LogP contribution in [0.4, 0.5) is 11.4 Å². The van der Waals surface area contributed by atoms with E-state index >= 15 is 0 Å². The maximum absolute atomic E-state index is 13.3. The highest BCUT2D eigenvalue weighted by atomic mass is 32.2. The molecule has 3 aromatic rings. The topological polar surface area (TPSA) is 69.7 Å². The fourth-order valence-electron chi connectivity index (χ4n) is 3.82. The van der Waals surface area contributed by atoms with Crippen molar-refractivity contribution in [3.8, 4) is 0 Å². The lowest BCUT2D eigenvalue weighted by molar-refractivity contribution is -0.119. The Bertz CT molecular complexity index is 1170. The van der Waals surface area contributed by atoms with Crippen LogP contribution in [0.5, 0.6) is 0 Å². The Morgan fingerprint density at radius 3 is 2.40 bits per heavy atom. The van der Waals surface area contributed by atoms with Gasteiger partial charge in [-0.1, -0.05) is 30.3 Å². The molecule has 1 fully saturated rings. The Kier molecular flexibility index (Phi) is 5.49. The standard InChI is InChI=1S/C23H25N3O3S/c1-25(2)20-12-10-19(11-13-20)24-23(27)22-8-5-15-26(22)30(28,29)21-14-9-17-6-3-4-7-18(17)16-21/h3-4,6-7,9-14,16,22H,5,8,15H2,1-2H3,(H,24,27)/t22-/m1/s1. The molecule has 4 rings (SSSR count). The van der Waals surface area contributed by atoms with E-state index in [0.717, 1.165) is 16.5 Å². The molecule has 30 heavy (non-hydrogen) atoms. The van der Waals surface area contributed by atoms with Crippen molar-refractivity contribution in [2.24, 2.45) is 0 Å². The fraction of sp³-hybridized carbons (Fsp3) is 0.261. The molecule has 7 heteroatoms. The molecule has 0 spiro atoms. The number of fused-ring (bicyclic) bond motifs is 1. The molecule has 156 valence electrons. The number of hydrogen-bond acceptors (Lipinski definition) is 4. The molecule has 1 heterocycles. The average Bonchev–Trinajstić information content (AvgIpc) is 3.25. The summed E-state index contributed by atoms with van der Waals surface area (Å²) in [5.41, 5.74) is 1.68. The Morgan fingerprint density at radius 2 is 1.70 bits per heavy atom. The van der Waals surface area contributed by atoms with E-state index < -0.39 is 16.1 Å². The molecule has 1 aliphatic rings. The summed E-state index contributed by atoms with van der Waals surface area (Å²) in [4.78, 5) is 15.1. The zero-order valence-electron chi connectivity index (χ0n) is 17.1. The van der Waals surface area contributed by atoms with Gasteiger partial charge in [0.1, 0.15) is 6.04 Å². The van der Waals surface area contributed by atoms with Gasteiger partial charge in [-0.25, -0.2) is 8.42 Å². The van der Waals surface area contributed by atoms with Crippen molar-refractivity contribution in [2.45, 2.75) is 23.8 Å². The van der Waals surface area contributed by atoms with Crippen LogP contribution >= 0.6 is 0 Å². The van der Waals surface area contributed by atoms with Crippen LogP contribution in [0.25, 0.3) is 10.8 Å². The van der Waals surface area contributed by atoms with E-state index in [4.69, 9.17) is 0 Å². The Morgan fingerprint density at radius 1 is 1.00 bits per heavy atom. The summed E-state index contributed by atoms with van der Waals surface area (Å²) in [6.45, 7) is 0.340. The number of carbonyl (C=O) groups excluding carboxylic acids is 1. The lowest BCUT2D eigenvalue weighted by atomic mass is 10.1. The maximum atomic E-state index is 13.3. The summed E-state index contributed by atoms with van der Waals surface area (Å²) >= 11 is 0. The number of nitrogens with zero attached hydrogens (tertiary/aromatic N) is 2. The van der Waals surface area contributed by atoms with Crippen LogP contribution in [0, 0.1) is 0 Å². The van der Waals surface area contributed by atoms with Crippen LogP contribution in [0.1, 0.15) is 12.8 Å². The lowest BCUT2D eigenvalue weighted by Gasteiger charge is -2.23. The lowest BCUT2D eigenvalue weighted by Crippen LogP contribution is -2.43. The minimum Gasteiger partial charge on any atom is -0.378 e. The molecule has 6 nitrogen and oxygen atoms in total. The van der Waals surface area contributed by atoms with Gasteiger partial charge in [0, 0.05) is 32.0 Å². The first-order chi connectivity index (χ1) is 14.4. The minimum atomic E-state index is -3.77. The molecular weight excluding hydrogens is 398 g/mol. The molecule has 0 aliphatic carbocycles. The second-order valence-corrected chi connectivity index (χ2v) is 9.60. The number of anilines is 2. The summed E-state index contributed by atoms with van der Waals surface area (Å²) in [7, 11) is 0.123. The predicted molar refractivity (Wildman–Crippen MR) is 120 cm³/mol. The number of benzene rings is 3. The van der Waals surface area contributed by atoms with Crippen LogP contribution in [0.3, 0.4) is 0 Å². The van der Waals surface area contributed by atoms with Gasteiger partial charge in [0.2, 0.25) is 15.9 Å². The third kappa shape index (κ3) is 3.91. The summed E-state index contributed by atoms with van der Waals surface area (Å²) < 4.78 is 27.9. The maximum Gasteiger partial charge on any atom is 0.243 e. The predicted octanol–water partition coefficient (Wildman–Crippen LogP) is 3.70. The molecule has 1 amide bonds. The highest BCUT2D eigenvalue weighted by Gasteiger charge is 2.39. The van der Waals surface area contributed by atoms with Crippen molar-refractivity contribution in [3.05, 3.63) is 66.7 Å². The van der Waals surface area contributed by atoms with Gasteiger partial charge in [-0.2, -0.15) is 4.31 Å². The molecule has 0 bridgehead atoms. The molecular formula is C23H25N3O3S. The summed E-state index contributed by atoms with van der Waals surface area (Å²) in [5, 5.41) is 4.71. The van der Waals surface area contributed by atoms with Gasteiger partial charge < -0.3 is 10.2 Å². The molecule has 0 saturated carbocycles. The summed E-state index contributed by atoms with van der Waals surface area (Å²) in [5.74, 6) is -0.297. The van der Waals surface area contributed by atoms with Crippen molar-refractivity contribution < 1.29 is 13.2 Å². The van der Waals surface area contributed by atoms with E-state index in [1.165, 1.54) is 4.31 Å². The van der Waals surface area contributed by atoms with Crippen molar-refractivity contribution in [1.29, 1.82) is 0 Å². The third-order valence-electron chi connectivity index (χ3n) is 5.49. The number of carbonyl (C=O) groups is 1. The molecule has 0 radical (unpaired) electrons. The van der Waals surface area contributed by atoms with E-state index in [9.17, 15) is 13.2 Å². The van der Waals surface area contributed by atoms with E-state index in [2.05, 4.69) is 5.32 Å². The van der Waals surface area contributed by atoms with Gasteiger partial charge >= 0.3 is 0 Å². The number of sulfonamides is 1. The monoisotopic (exact) mass is 423 g/mol. The average molecular weight is 424 g/mol. The van der Waals surface area contributed by atoms with E-state index in [1.54, 1.807) is 18.2 Å². The molecule has 1 saturated heterocycles. The number of nitrogens with one attached hydrogen (secondary N) is 1. The minimum absolute atomic E-state index is 0.219. The van der Waals surface area contributed by atoms with Crippen molar-refractivity contribution in [2.75, 3.05) is 30.9 Å². The fourth-order valence-corrected chi connectivity index (χ4v) is 5.51. The van der Waals surface area contributed by atoms with Crippen molar-refractivity contribution in [3.63, 3.8) is 0 Å². The number of hydrogen-bond donors (Lipinski definition) is 1. The second-order valence-electron chi connectivity index (χ2n) is 7.71. The van der Waals surface area contributed by atoms with Crippen LogP contribution in [0.15, 0.2) is 71.6 Å². The Labute approximate surface area is 177 Å². The van der Waals surface area contributed by atoms with Crippen LogP contribution in [0.2, 0.25) is 0 Å². The number of rotatable bonds is 5. The van der Waals surface area contributed by atoms with E-state index in [-0.39, 0.29) is 10.8 Å². The zero-order chi connectivity index (χ0) is 21.3. The molecule has 3 aromatic carbocycles. The normalized spacial score (nSPS) is 17.2. The van der Waals surface area contributed by atoms with Gasteiger partial charge in [-0.05, 0) is 60.0 Å². The highest BCUT2D eigenvalue weighted by Crippen LogP contribution is 2.29. The number of amides is 1. The smallest absolute Gasteiger partial charge is 0.243 e. The Hall–Kier alpha value is -2.90. The third-order valence-corrected chi connectivity index (χ3v) is 7.39. The SMILES string of the molecule is CN(C)c1ccc(NC(=O)[C@H]2CCCN2S(=O)(=O)c2ccc3ccccc3c2)cc1. The van der Waals surface area contributed by atoms with Crippen LogP contribution in [-0.2, 0) is 14.8 Å². The molecule has 1 atom stereocenters. The largest absolute Gasteiger partial charge is 0.378 e. The molecule has 0 unspecified atom stereocenters.